The monoisotopic (exact) mass is 240 g/mol. The van der Waals surface area contributed by atoms with Gasteiger partial charge in [0.05, 0.1) is 6.42 Å². The van der Waals surface area contributed by atoms with E-state index in [9.17, 15) is 13.2 Å². The van der Waals surface area contributed by atoms with E-state index in [1.165, 1.54) is 0 Å². The second-order valence-corrected chi connectivity index (χ2v) is 5.05. The highest BCUT2D eigenvalue weighted by atomic mass is 19.4. The molecule has 0 aliphatic rings. The molecule has 0 aromatic heterocycles. The Morgan fingerprint density at radius 3 is 2.19 bits per heavy atom. The first-order valence-corrected chi connectivity index (χ1v) is 5.62. The minimum absolute atomic E-state index is 0.00361. The molecule has 0 rings (SSSR count). The van der Waals surface area contributed by atoms with Gasteiger partial charge in [-0.2, -0.15) is 13.2 Å². The molecule has 16 heavy (non-hydrogen) atoms. The summed E-state index contributed by atoms with van der Waals surface area (Å²) in [4.78, 5) is 1.74. The van der Waals surface area contributed by atoms with Gasteiger partial charge in [-0.15, -0.1) is 0 Å². The second-order valence-electron chi connectivity index (χ2n) is 5.05. The molecule has 0 aromatic carbocycles. The van der Waals surface area contributed by atoms with E-state index in [1.54, 1.807) is 11.9 Å². The van der Waals surface area contributed by atoms with Crippen molar-refractivity contribution < 1.29 is 13.2 Å². The SMILES string of the molecule is CCNCC(C)(C)CN(C)CCC(F)(F)F. The van der Waals surface area contributed by atoms with Gasteiger partial charge in [0.15, 0.2) is 0 Å². The Balaban J connectivity index is 3.89. The van der Waals surface area contributed by atoms with Crippen LogP contribution in [0.3, 0.4) is 0 Å². The molecular formula is C11H23F3N2. The highest BCUT2D eigenvalue weighted by Crippen LogP contribution is 2.21. The van der Waals surface area contributed by atoms with Crippen molar-refractivity contribution in [2.45, 2.75) is 33.4 Å². The summed E-state index contributed by atoms with van der Waals surface area (Å²) < 4.78 is 36.0. The van der Waals surface area contributed by atoms with Crippen molar-refractivity contribution in [3.05, 3.63) is 0 Å². The average Bonchev–Trinajstić information content (AvgIpc) is 2.10. The molecule has 5 heteroatoms. The lowest BCUT2D eigenvalue weighted by Gasteiger charge is -2.30. The van der Waals surface area contributed by atoms with Crippen LogP contribution in [0, 0.1) is 5.41 Å². The molecule has 0 saturated heterocycles. The fraction of sp³-hybridized carbons (Fsp3) is 1.00. The topological polar surface area (TPSA) is 15.3 Å². The van der Waals surface area contributed by atoms with Gasteiger partial charge in [-0.05, 0) is 19.0 Å². The summed E-state index contributed by atoms with van der Waals surface area (Å²) in [5.74, 6) is 0. The largest absolute Gasteiger partial charge is 0.390 e. The number of nitrogens with one attached hydrogen (secondary N) is 1. The summed E-state index contributed by atoms with van der Waals surface area (Å²) in [7, 11) is 1.74. The van der Waals surface area contributed by atoms with Crippen LogP contribution >= 0.6 is 0 Å². The molecule has 98 valence electrons. The fourth-order valence-electron chi connectivity index (χ4n) is 1.65. The van der Waals surface area contributed by atoms with Crippen molar-refractivity contribution >= 4 is 0 Å². The van der Waals surface area contributed by atoms with Crippen molar-refractivity contribution in [3.8, 4) is 0 Å². The lowest BCUT2D eigenvalue weighted by Crippen LogP contribution is -2.39. The Kier molecular flexibility index (Phi) is 6.33. The van der Waals surface area contributed by atoms with Gasteiger partial charge in [0, 0.05) is 19.6 Å². The van der Waals surface area contributed by atoms with Gasteiger partial charge < -0.3 is 10.2 Å². The quantitative estimate of drug-likeness (QED) is 0.735. The zero-order chi connectivity index (χ0) is 12.8. The van der Waals surface area contributed by atoms with Crippen LogP contribution in [0.2, 0.25) is 0 Å². The lowest BCUT2D eigenvalue weighted by molar-refractivity contribution is -0.137. The molecule has 2 nitrogen and oxygen atoms in total. The standard InChI is InChI=1S/C11H23F3N2/c1-5-15-8-10(2,3)9-16(4)7-6-11(12,13)14/h15H,5-9H2,1-4H3. The molecule has 0 saturated carbocycles. The third-order valence-corrected chi connectivity index (χ3v) is 2.33. The van der Waals surface area contributed by atoms with E-state index in [4.69, 9.17) is 0 Å². The first-order chi connectivity index (χ1) is 7.16. The Labute approximate surface area is 96.2 Å². The maximum Gasteiger partial charge on any atom is 0.390 e. The third-order valence-electron chi connectivity index (χ3n) is 2.33. The van der Waals surface area contributed by atoms with Crippen LogP contribution in [0.15, 0.2) is 0 Å². The van der Waals surface area contributed by atoms with Crippen molar-refractivity contribution in [1.82, 2.24) is 10.2 Å². The summed E-state index contributed by atoms with van der Waals surface area (Å²) in [5.41, 5.74) is -0.00361. The molecule has 0 heterocycles. The van der Waals surface area contributed by atoms with Gasteiger partial charge in [-0.1, -0.05) is 20.8 Å². The van der Waals surface area contributed by atoms with Crippen LogP contribution < -0.4 is 5.32 Å². The normalized spacial score (nSPS) is 13.5. The Morgan fingerprint density at radius 2 is 1.75 bits per heavy atom. The Morgan fingerprint density at radius 1 is 1.19 bits per heavy atom. The summed E-state index contributed by atoms with van der Waals surface area (Å²) in [6, 6.07) is 0. The van der Waals surface area contributed by atoms with Crippen molar-refractivity contribution in [3.63, 3.8) is 0 Å². The fourth-order valence-corrected chi connectivity index (χ4v) is 1.65. The Hall–Kier alpha value is -0.290. The Bertz CT molecular complexity index is 190. The predicted octanol–water partition coefficient (Wildman–Crippen LogP) is 2.51. The van der Waals surface area contributed by atoms with Crippen LogP contribution in [0.5, 0.6) is 0 Å². The van der Waals surface area contributed by atoms with Crippen molar-refractivity contribution in [2.24, 2.45) is 5.41 Å². The smallest absolute Gasteiger partial charge is 0.316 e. The molecule has 0 atom stereocenters. The first-order valence-electron chi connectivity index (χ1n) is 5.62. The number of rotatable bonds is 7. The highest BCUT2D eigenvalue weighted by Gasteiger charge is 2.28. The molecule has 0 amide bonds. The van der Waals surface area contributed by atoms with E-state index < -0.39 is 12.6 Å². The van der Waals surface area contributed by atoms with Crippen LogP contribution in [0.25, 0.3) is 0 Å². The molecule has 0 fully saturated rings. The van der Waals surface area contributed by atoms with Gasteiger partial charge in [-0.25, -0.2) is 0 Å². The molecule has 1 N–H and O–H groups in total. The molecule has 0 radical (unpaired) electrons. The molecule has 0 spiro atoms. The molecule has 0 bridgehead atoms. The van der Waals surface area contributed by atoms with E-state index in [0.29, 0.717) is 6.54 Å². The zero-order valence-corrected chi connectivity index (χ0v) is 10.6. The molecule has 0 aromatic rings. The van der Waals surface area contributed by atoms with Crippen LogP contribution in [-0.2, 0) is 0 Å². The van der Waals surface area contributed by atoms with Crippen LogP contribution in [-0.4, -0.2) is 44.3 Å². The van der Waals surface area contributed by atoms with Gasteiger partial charge in [0.1, 0.15) is 0 Å². The molecular weight excluding hydrogens is 217 g/mol. The van der Waals surface area contributed by atoms with Gasteiger partial charge >= 0.3 is 6.18 Å². The van der Waals surface area contributed by atoms with E-state index in [2.05, 4.69) is 19.2 Å². The summed E-state index contributed by atoms with van der Waals surface area (Å²) >= 11 is 0. The molecule has 0 aliphatic carbocycles. The van der Waals surface area contributed by atoms with E-state index >= 15 is 0 Å². The highest BCUT2D eigenvalue weighted by molar-refractivity contribution is 4.75. The van der Waals surface area contributed by atoms with E-state index in [1.807, 2.05) is 6.92 Å². The van der Waals surface area contributed by atoms with Crippen molar-refractivity contribution in [2.75, 3.05) is 33.2 Å². The number of alkyl halides is 3. The average molecular weight is 240 g/mol. The van der Waals surface area contributed by atoms with E-state index in [0.717, 1.165) is 13.1 Å². The molecule has 0 unspecified atom stereocenters. The minimum atomic E-state index is -4.06. The summed E-state index contributed by atoms with van der Waals surface area (Å²) in [5, 5.41) is 3.22. The summed E-state index contributed by atoms with van der Waals surface area (Å²) in [6.45, 7) is 8.56. The van der Waals surface area contributed by atoms with Crippen LogP contribution in [0.4, 0.5) is 13.2 Å². The number of hydrogen-bond donors (Lipinski definition) is 1. The number of halogens is 3. The van der Waals surface area contributed by atoms with Gasteiger partial charge in [-0.3, -0.25) is 0 Å². The second kappa shape index (κ2) is 6.45. The number of nitrogens with zero attached hydrogens (tertiary/aromatic N) is 1. The number of hydrogen-bond acceptors (Lipinski definition) is 2. The summed E-state index contributed by atoms with van der Waals surface area (Å²) in [6.07, 6.45) is -4.79. The zero-order valence-electron chi connectivity index (χ0n) is 10.6. The lowest BCUT2D eigenvalue weighted by atomic mass is 9.92. The van der Waals surface area contributed by atoms with Gasteiger partial charge in [0.2, 0.25) is 0 Å². The van der Waals surface area contributed by atoms with E-state index in [-0.39, 0.29) is 12.0 Å². The maximum atomic E-state index is 12.0. The maximum absolute atomic E-state index is 12.0. The first kappa shape index (κ1) is 15.7. The predicted molar refractivity (Wildman–Crippen MR) is 60.5 cm³/mol. The minimum Gasteiger partial charge on any atom is -0.316 e. The third kappa shape index (κ3) is 8.97. The van der Waals surface area contributed by atoms with Gasteiger partial charge in [0.25, 0.3) is 0 Å². The molecule has 0 aliphatic heterocycles. The van der Waals surface area contributed by atoms with Crippen molar-refractivity contribution in [1.29, 1.82) is 0 Å². The van der Waals surface area contributed by atoms with Crippen LogP contribution in [0.1, 0.15) is 27.2 Å².